The number of fused-ring (bicyclic) bond motifs is 2. The summed E-state index contributed by atoms with van der Waals surface area (Å²) in [6, 6.07) is 5.17. The van der Waals surface area contributed by atoms with Crippen LogP contribution in [0.25, 0.3) is 10.8 Å². The summed E-state index contributed by atoms with van der Waals surface area (Å²) >= 11 is 0. The molecule has 0 bridgehead atoms. The topological polar surface area (TPSA) is 0 Å². The molecule has 2 aromatic carbocycles. The van der Waals surface area contributed by atoms with E-state index in [4.69, 9.17) is 0 Å². The SMILES string of the molecule is C=CCCc1ccc2cc([C@@H]3CC[C@@H]4CC(CCCCC)CCC4C3)c(F)c(F)c2c1F. The molecular weight excluding hydrogens is 405 g/mol. The molecule has 0 aromatic heterocycles. The minimum absolute atomic E-state index is 0.0373. The van der Waals surface area contributed by atoms with Crippen LogP contribution in [0, 0.1) is 35.2 Å². The highest BCUT2D eigenvalue weighted by molar-refractivity contribution is 5.85. The molecule has 0 nitrogen and oxygen atoms in total. The second-order valence-corrected chi connectivity index (χ2v) is 10.3. The third-order valence-electron chi connectivity index (χ3n) is 8.23. The summed E-state index contributed by atoms with van der Waals surface area (Å²) in [6.07, 6.45) is 14.8. The van der Waals surface area contributed by atoms with Crippen LogP contribution in [0.5, 0.6) is 0 Å². The quantitative estimate of drug-likeness (QED) is 0.282. The number of allylic oxidation sites excluding steroid dienone is 1. The van der Waals surface area contributed by atoms with Crippen LogP contribution < -0.4 is 0 Å². The number of benzene rings is 2. The Labute approximate surface area is 191 Å². The fraction of sp³-hybridized carbons (Fsp3) is 0.586. The summed E-state index contributed by atoms with van der Waals surface area (Å²) in [5.74, 6) is -0.233. The van der Waals surface area contributed by atoms with E-state index in [1.807, 2.05) is 0 Å². The summed E-state index contributed by atoms with van der Waals surface area (Å²) in [6.45, 7) is 5.91. The van der Waals surface area contributed by atoms with Crippen LogP contribution in [0.2, 0.25) is 0 Å². The first kappa shape index (κ1) is 23.4. The predicted octanol–water partition coefficient (Wildman–Crippen LogP) is 9.26. The first-order chi connectivity index (χ1) is 15.5. The van der Waals surface area contributed by atoms with Crippen molar-refractivity contribution in [3.63, 3.8) is 0 Å². The van der Waals surface area contributed by atoms with Gasteiger partial charge < -0.3 is 0 Å². The molecule has 0 radical (unpaired) electrons. The van der Waals surface area contributed by atoms with Gasteiger partial charge in [0.1, 0.15) is 5.82 Å². The fourth-order valence-corrected chi connectivity index (χ4v) is 6.41. The fourth-order valence-electron chi connectivity index (χ4n) is 6.41. The van der Waals surface area contributed by atoms with Crippen LogP contribution in [-0.2, 0) is 6.42 Å². The molecule has 2 aromatic rings. The molecule has 0 spiro atoms. The lowest BCUT2D eigenvalue weighted by molar-refractivity contribution is 0.112. The van der Waals surface area contributed by atoms with E-state index < -0.39 is 17.5 Å². The molecule has 0 aliphatic heterocycles. The molecule has 2 saturated carbocycles. The zero-order valence-corrected chi connectivity index (χ0v) is 19.4. The Hall–Kier alpha value is -1.77. The molecule has 2 aliphatic carbocycles. The maximum Gasteiger partial charge on any atom is 0.169 e. The van der Waals surface area contributed by atoms with Gasteiger partial charge >= 0.3 is 0 Å². The molecule has 4 rings (SSSR count). The van der Waals surface area contributed by atoms with Crippen molar-refractivity contribution < 1.29 is 13.2 Å². The number of halogens is 3. The van der Waals surface area contributed by atoms with E-state index >= 15 is 8.78 Å². The number of unbranched alkanes of at least 4 members (excludes halogenated alkanes) is 2. The first-order valence-corrected chi connectivity index (χ1v) is 12.7. The third-order valence-corrected chi connectivity index (χ3v) is 8.23. The van der Waals surface area contributed by atoms with E-state index in [1.165, 1.54) is 44.9 Å². The van der Waals surface area contributed by atoms with Crippen molar-refractivity contribution in [2.75, 3.05) is 0 Å². The van der Waals surface area contributed by atoms with Crippen molar-refractivity contribution in [3.05, 3.63) is 59.4 Å². The third kappa shape index (κ3) is 4.77. The van der Waals surface area contributed by atoms with Gasteiger partial charge in [-0.1, -0.05) is 57.2 Å². The van der Waals surface area contributed by atoms with Gasteiger partial charge in [-0.25, -0.2) is 13.2 Å². The molecule has 0 N–H and O–H groups in total. The highest BCUT2D eigenvalue weighted by Crippen LogP contribution is 2.49. The normalized spacial score (nSPS) is 25.6. The number of hydrogen-bond donors (Lipinski definition) is 0. The molecule has 3 heteroatoms. The summed E-state index contributed by atoms with van der Waals surface area (Å²) in [5.41, 5.74) is 0.872. The second-order valence-electron chi connectivity index (χ2n) is 10.3. The van der Waals surface area contributed by atoms with Gasteiger partial charge in [0.2, 0.25) is 0 Å². The van der Waals surface area contributed by atoms with Gasteiger partial charge in [-0.3, -0.25) is 0 Å². The van der Waals surface area contributed by atoms with Crippen LogP contribution in [0.4, 0.5) is 13.2 Å². The van der Waals surface area contributed by atoms with Gasteiger partial charge in [0.15, 0.2) is 11.6 Å². The number of aryl methyl sites for hydroxylation is 1. The van der Waals surface area contributed by atoms with E-state index in [0.29, 0.717) is 35.3 Å². The largest absolute Gasteiger partial charge is 0.206 e. The molecule has 2 unspecified atom stereocenters. The Balaban J connectivity index is 1.51. The van der Waals surface area contributed by atoms with E-state index in [0.717, 1.165) is 31.1 Å². The van der Waals surface area contributed by atoms with Crippen LogP contribution in [-0.4, -0.2) is 0 Å². The van der Waals surface area contributed by atoms with Crippen LogP contribution >= 0.6 is 0 Å². The molecule has 2 aliphatic rings. The van der Waals surface area contributed by atoms with Crippen molar-refractivity contribution in [1.29, 1.82) is 0 Å². The lowest BCUT2D eigenvalue weighted by Crippen LogP contribution is -2.30. The second kappa shape index (κ2) is 10.4. The van der Waals surface area contributed by atoms with Crippen molar-refractivity contribution in [2.45, 2.75) is 89.9 Å². The van der Waals surface area contributed by atoms with Crippen LogP contribution in [0.3, 0.4) is 0 Å². The lowest BCUT2D eigenvalue weighted by Gasteiger charge is -2.42. The van der Waals surface area contributed by atoms with Gasteiger partial charge in [0.25, 0.3) is 0 Å². The zero-order valence-electron chi connectivity index (χ0n) is 19.4. The molecule has 0 amide bonds. The Morgan fingerprint density at radius 2 is 1.72 bits per heavy atom. The Bertz CT molecular complexity index is 947. The van der Waals surface area contributed by atoms with Crippen molar-refractivity contribution in [1.82, 2.24) is 0 Å². The monoisotopic (exact) mass is 442 g/mol. The van der Waals surface area contributed by atoms with Gasteiger partial charge in [-0.15, -0.1) is 6.58 Å². The minimum atomic E-state index is -1.02. The van der Waals surface area contributed by atoms with Crippen molar-refractivity contribution in [3.8, 4) is 0 Å². The highest BCUT2D eigenvalue weighted by atomic mass is 19.2. The zero-order chi connectivity index (χ0) is 22.7. The summed E-state index contributed by atoms with van der Waals surface area (Å²) in [4.78, 5) is 0. The number of hydrogen-bond acceptors (Lipinski definition) is 0. The van der Waals surface area contributed by atoms with Crippen molar-refractivity contribution >= 4 is 10.8 Å². The summed E-state index contributed by atoms with van der Waals surface area (Å²) in [7, 11) is 0. The van der Waals surface area contributed by atoms with E-state index in [1.54, 1.807) is 24.3 Å². The number of rotatable bonds is 8. The molecule has 2 fully saturated rings. The standard InChI is InChI=1S/C29H37F3/c1-3-5-7-8-19-10-11-22-17-23(14-13-21(22)16-19)25-18-24-15-12-20(9-6-4-2)27(30)26(24)29(32)28(25)31/h4,12,15,18-19,21-23H,2-3,5-11,13-14,16-17H2,1H3/t19?,21-,22?,23-/m1/s1. The maximum absolute atomic E-state index is 15.2. The molecule has 32 heavy (non-hydrogen) atoms. The minimum Gasteiger partial charge on any atom is -0.206 e. The summed E-state index contributed by atoms with van der Waals surface area (Å²) in [5, 5.41) is 0.273. The van der Waals surface area contributed by atoms with Crippen LogP contribution in [0.1, 0.15) is 94.6 Å². The molecule has 174 valence electrons. The molecule has 4 atom stereocenters. The van der Waals surface area contributed by atoms with Gasteiger partial charge in [0, 0.05) is 0 Å². The predicted molar refractivity (Wildman–Crippen MR) is 127 cm³/mol. The van der Waals surface area contributed by atoms with Gasteiger partial charge in [-0.05, 0) is 91.2 Å². The Kier molecular flexibility index (Phi) is 7.63. The molecular formula is C29H37F3. The van der Waals surface area contributed by atoms with Gasteiger partial charge in [0.05, 0.1) is 5.39 Å². The maximum atomic E-state index is 15.2. The summed E-state index contributed by atoms with van der Waals surface area (Å²) < 4.78 is 45.2. The Morgan fingerprint density at radius 3 is 2.50 bits per heavy atom. The van der Waals surface area contributed by atoms with E-state index in [2.05, 4.69) is 13.5 Å². The smallest absolute Gasteiger partial charge is 0.169 e. The lowest BCUT2D eigenvalue weighted by atomic mass is 9.63. The van der Waals surface area contributed by atoms with Crippen LogP contribution in [0.15, 0.2) is 30.9 Å². The van der Waals surface area contributed by atoms with E-state index in [-0.39, 0.29) is 11.3 Å². The first-order valence-electron chi connectivity index (χ1n) is 12.7. The highest BCUT2D eigenvalue weighted by Gasteiger charge is 2.37. The Morgan fingerprint density at radius 1 is 0.938 bits per heavy atom. The van der Waals surface area contributed by atoms with Gasteiger partial charge in [-0.2, -0.15) is 0 Å². The molecule has 0 heterocycles. The average Bonchev–Trinajstić information content (AvgIpc) is 2.80. The average molecular weight is 443 g/mol. The van der Waals surface area contributed by atoms with E-state index in [9.17, 15) is 4.39 Å². The molecule has 0 saturated heterocycles. The van der Waals surface area contributed by atoms with Crippen molar-refractivity contribution in [2.24, 2.45) is 17.8 Å².